The number of alkyl halides is 2. The van der Waals surface area contributed by atoms with Gasteiger partial charge in [0.1, 0.15) is 5.54 Å². The fraction of sp³-hybridized carbons (Fsp3) is 0.438. The number of hydrogen-bond acceptors (Lipinski definition) is 4. The molecule has 0 radical (unpaired) electrons. The van der Waals surface area contributed by atoms with Crippen molar-refractivity contribution in [1.29, 1.82) is 0 Å². The first-order valence-electron chi connectivity index (χ1n) is 7.82. The summed E-state index contributed by atoms with van der Waals surface area (Å²) in [6.45, 7) is 1.28. The third-order valence-electron chi connectivity index (χ3n) is 4.47. The Morgan fingerprint density at radius 3 is 2.42 bits per heavy atom. The van der Waals surface area contributed by atoms with Crippen LogP contribution in [0, 0.1) is 0 Å². The molecule has 7 nitrogen and oxygen atoms in total. The molecule has 2 atom stereocenters. The number of halogens is 3. The van der Waals surface area contributed by atoms with Gasteiger partial charge in [-0.2, -0.15) is 0 Å². The standard InChI is InChI=1S/C16H18F2N4O3.ClH/c1-15(13(24)21-14(25)22-15)10-4-2-9(3-5-10)7-19-12(23)11-6-16(17,18)8-20-11;/h2-5,11,20H,6-8H2,1H3,(H,19,23)(H2,21,22,24,25);1H. The number of imide groups is 1. The van der Waals surface area contributed by atoms with E-state index in [4.69, 9.17) is 0 Å². The van der Waals surface area contributed by atoms with Crippen molar-refractivity contribution < 1.29 is 23.2 Å². The summed E-state index contributed by atoms with van der Waals surface area (Å²) >= 11 is 0. The Hall–Kier alpha value is -2.26. The first-order chi connectivity index (χ1) is 11.7. The van der Waals surface area contributed by atoms with Crippen LogP contribution in [0.1, 0.15) is 24.5 Å². The van der Waals surface area contributed by atoms with Crippen molar-refractivity contribution in [2.75, 3.05) is 6.54 Å². The molecular formula is C16H19ClF2N4O3. The van der Waals surface area contributed by atoms with Gasteiger partial charge in [-0.1, -0.05) is 24.3 Å². The van der Waals surface area contributed by atoms with Crippen molar-refractivity contribution >= 4 is 30.3 Å². The van der Waals surface area contributed by atoms with Crippen molar-refractivity contribution in [1.82, 2.24) is 21.3 Å². The van der Waals surface area contributed by atoms with Gasteiger partial charge in [-0.25, -0.2) is 13.6 Å². The molecule has 0 aromatic heterocycles. The van der Waals surface area contributed by atoms with Crippen molar-refractivity contribution in [3.8, 4) is 0 Å². The van der Waals surface area contributed by atoms with Gasteiger partial charge in [0, 0.05) is 13.0 Å². The lowest BCUT2D eigenvalue weighted by molar-refractivity contribution is -0.124. The molecule has 4 amide bonds. The van der Waals surface area contributed by atoms with Gasteiger partial charge in [0.15, 0.2) is 0 Å². The van der Waals surface area contributed by atoms with Gasteiger partial charge in [0.2, 0.25) is 5.91 Å². The second kappa shape index (κ2) is 7.16. The van der Waals surface area contributed by atoms with Gasteiger partial charge in [-0.15, -0.1) is 12.4 Å². The van der Waals surface area contributed by atoms with E-state index in [1.54, 1.807) is 31.2 Å². The summed E-state index contributed by atoms with van der Waals surface area (Å²) in [7, 11) is 0. The maximum atomic E-state index is 13.1. The van der Waals surface area contributed by atoms with Gasteiger partial charge in [0.05, 0.1) is 12.6 Å². The van der Waals surface area contributed by atoms with E-state index in [1.165, 1.54) is 0 Å². The van der Waals surface area contributed by atoms with Crippen LogP contribution in [0.15, 0.2) is 24.3 Å². The van der Waals surface area contributed by atoms with E-state index in [0.717, 1.165) is 5.56 Å². The molecule has 1 aromatic rings. The van der Waals surface area contributed by atoms with Crippen LogP contribution in [-0.2, 0) is 21.7 Å². The van der Waals surface area contributed by atoms with Crippen LogP contribution in [0.5, 0.6) is 0 Å². The van der Waals surface area contributed by atoms with Gasteiger partial charge >= 0.3 is 6.03 Å². The van der Waals surface area contributed by atoms with E-state index >= 15 is 0 Å². The third-order valence-corrected chi connectivity index (χ3v) is 4.47. The van der Waals surface area contributed by atoms with E-state index in [1.807, 2.05) is 0 Å². The van der Waals surface area contributed by atoms with Crippen LogP contribution in [0.3, 0.4) is 0 Å². The Morgan fingerprint density at radius 2 is 1.92 bits per heavy atom. The minimum absolute atomic E-state index is 0. The zero-order valence-electron chi connectivity index (χ0n) is 13.9. The minimum atomic E-state index is -2.86. The highest BCUT2D eigenvalue weighted by Crippen LogP contribution is 2.26. The second-order valence-electron chi connectivity index (χ2n) is 6.44. The normalized spacial score (nSPS) is 26.7. The van der Waals surface area contributed by atoms with Crippen molar-refractivity contribution in [3.05, 3.63) is 35.4 Å². The minimum Gasteiger partial charge on any atom is -0.351 e. The quantitative estimate of drug-likeness (QED) is 0.573. The molecule has 2 saturated heterocycles. The highest BCUT2D eigenvalue weighted by Gasteiger charge is 2.43. The Bertz CT molecular complexity index is 729. The molecule has 2 aliphatic rings. The van der Waals surface area contributed by atoms with E-state index in [0.29, 0.717) is 5.56 Å². The van der Waals surface area contributed by atoms with E-state index < -0.39 is 48.3 Å². The number of carbonyl (C=O) groups is 3. The molecule has 3 rings (SSSR count). The summed E-state index contributed by atoms with van der Waals surface area (Å²) < 4.78 is 26.2. The average Bonchev–Trinajstić information content (AvgIpc) is 3.05. The van der Waals surface area contributed by atoms with Crippen LogP contribution < -0.4 is 21.3 Å². The molecule has 0 aliphatic carbocycles. The number of benzene rings is 1. The lowest BCUT2D eigenvalue weighted by Gasteiger charge is -2.21. The highest BCUT2D eigenvalue weighted by molar-refractivity contribution is 6.07. The molecule has 2 aliphatic heterocycles. The largest absolute Gasteiger partial charge is 0.351 e. The maximum Gasteiger partial charge on any atom is 0.322 e. The lowest BCUT2D eigenvalue weighted by Crippen LogP contribution is -2.40. The van der Waals surface area contributed by atoms with Gasteiger partial charge < -0.3 is 10.6 Å². The molecule has 0 bridgehead atoms. The van der Waals surface area contributed by atoms with Crippen LogP contribution in [0.4, 0.5) is 13.6 Å². The van der Waals surface area contributed by atoms with Crippen LogP contribution in [0.2, 0.25) is 0 Å². The van der Waals surface area contributed by atoms with Crippen molar-refractivity contribution in [2.45, 2.75) is 37.4 Å². The van der Waals surface area contributed by atoms with Gasteiger partial charge in [-0.05, 0) is 18.1 Å². The zero-order chi connectivity index (χ0) is 18.2. The number of carbonyl (C=O) groups excluding carboxylic acids is 3. The first-order valence-corrected chi connectivity index (χ1v) is 7.82. The molecule has 2 heterocycles. The number of hydrogen-bond donors (Lipinski definition) is 4. The lowest BCUT2D eigenvalue weighted by atomic mass is 9.91. The summed E-state index contributed by atoms with van der Waals surface area (Å²) in [5.41, 5.74) is 0.205. The molecule has 10 heteroatoms. The number of nitrogens with one attached hydrogen (secondary N) is 4. The molecular weight excluding hydrogens is 370 g/mol. The first kappa shape index (κ1) is 20.1. The summed E-state index contributed by atoms with van der Waals surface area (Å²) in [5.74, 6) is -3.77. The monoisotopic (exact) mass is 388 g/mol. The zero-order valence-corrected chi connectivity index (χ0v) is 14.7. The fourth-order valence-corrected chi connectivity index (χ4v) is 2.92. The molecule has 2 unspecified atom stereocenters. The smallest absolute Gasteiger partial charge is 0.322 e. The van der Waals surface area contributed by atoms with Gasteiger partial charge in [0.25, 0.3) is 11.8 Å². The SMILES string of the molecule is CC1(c2ccc(CNC(=O)C3CC(F)(F)CN3)cc2)NC(=O)NC1=O.Cl. The molecule has 0 spiro atoms. The van der Waals surface area contributed by atoms with Crippen LogP contribution >= 0.6 is 12.4 Å². The summed E-state index contributed by atoms with van der Waals surface area (Å²) in [5, 5.41) is 9.85. The van der Waals surface area contributed by atoms with Crippen LogP contribution in [-0.4, -0.2) is 36.4 Å². The molecule has 4 N–H and O–H groups in total. The average molecular weight is 389 g/mol. The molecule has 1 aromatic carbocycles. The number of rotatable bonds is 4. The highest BCUT2D eigenvalue weighted by atomic mass is 35.5. The number of amides is 4. The molecule has 142 valence electrons. The predicted octanol–water partition coefficient (Wildman–Crippen LogP) is 0.776. The van der Waals surface area contributed by atoms with E-state index in [9.17, 15) is 23.2 Å². The summed E-state index contributed by atoms with van der Waals surface area (Å²) in [4.78, 5) is 35.1. The summed E-state index contributed by atoms with van der Waals surface area (Å²) in [6.07, 6.45) is -0.509. The van der Waals surface area contributed by atoms with E-state index in [2.05, 4.69) is 21.3 Å². The van der Waals surface area contributed by atoms with Gasteiger partial charge in [-0.3, -0.25) is 20.2 Å². The second-order valence-corrected chi connectivity index (χ2v) is 6.44. The summed E-state index contributed by atoms with van der Waals surface area (Å²) in [6, 6.07) is 5.31. The van der Waals surface area contributed by atoms with E-state index in [-0.39, 0.29) is 19.0 Å². The molecule has 0 saturated carbocycles. The maximum absolute atomic E-state index is 13.1. The molecule has 26 heavy (non-hydrogen) atoms. The number of urea groups is 1. The van der Waals surface area contributed by atoms with Crippen molar-refractivity contribution in [3.63, 3.8) is 0 Å². The Morgan fingerprint density at radius 1 is 1.27 bits per heavy atom. The topological polar surface area (TPSA) is 99.3 Å². The predicted molar refractivity (Wildman–Crippen MR) is 90.9 cm³/mol. The fourth-order valence-electron chi connectivity index (χ4n) is 2.92. The van der Waals surface area contributed by atoms with Crippen LogP contribution in [0.25, 0.3) is 0 Å². The Balaban J connectivity index is 0.00000243. The third kappa shape index (κ3) is 3.94. The molecule has 2 fully saturated rings. The Kier molecular flexibility index (Phi) is 5.52. The van der Waals surface area contributed by atoms with Crippen molar-refractivity contribution in [2.24, 2.45) is 0 Å². The Labute approximate surface area is 154 Å².